The minimum atomic E-state index is -0.0164. The number of piperidine rings is 1. The van der Waals surface area contributed by atoms with Crippen LogP contribution >= 0.6 is 0 Å². The molecule has 1 aliphatic heterocycles. The van der Waals surface area contributed by atoms with Crippen LogP contribution in [0.15, 0.2) is 65.2 Å². The number of nitrogens with zero attached hydrogens (tertiary/aromatic N) is 3. The van der Waals surface area contributed by atoms with Crippen LogP contribution in [0, 0.1) is 0 Å². The number of likely N-dealkylation sites (N-methyl/N-ethyl adjacent to an activating group) is 1. The Balaban J connectivity index is 1.68. The Bertz CT molecular complexity index is 818. The number of hydrogen-bond donors (Lipinski definition) is 1. The maximum atomic E-state index is 5.73. The maximum Gasteiger partial charge on any atom is 0.248 e. The summed E-state index contributed by atoms with van der Waals surface area (Å²) in [5.41, 5.74) is 2.16. The van der Waals surface area contributed by atoms with Crippen molar-refractivity contribution in [2.45, 2.75) is 24.9 Å². The van der Waals surface area contributed by atoms with Crippen LogP contribution in [0.25, 0.3) is 11.4 Å². The van der Waals surface area contributed by atoms with Gasteiger partial charge < -0.3 is 9.84 Å². The van der Waals surface area contributed by atoms with E-state index < -0.39 is 0 Å². The van der Waals surface area contributed by atoms with Crippen molar-refractivity contribution in [3.05, 3.63) is 72.1 Å². The zero-order valence-corrected chi connectivity index (χ0v) is 15.0. The lowest BCUT2D eigenvalue weighted by Gasteiger charge is -2.36. The van der Waals surface area contributed by atoms with Crippen LogP contribution in [0.3, 0.4) is 0 Å². The van der Waals surface area contributed by atoms with Gasteiger partial charge in [-0.25, -0.2) is 0 Å². The summed E-state index contributed by atoms with van der Waals surface area (Å²) in [5.74, 6) is 1.30. The zero-order chi connectivity index (χ0) is 17.8. The number of benzene rings is 2. The third-order valence-electron chi connectivity index (χ3n) is 5.05. The van der Waals surface area contributed by atoms with Crippen molar-refractivity contribution in [3.63, 3.8) is 0 Å². The first-order valence-corrected chi connectivity index (χ1v) is 9.20. The van der Waals surface area contributed by atoms with Gasteiger partial charge in [0.05, 0.1) is 0 Å². The van der Waals surface area contributed by atoms with Gasteiger partial charge in [-0.05, 0) is 32.0 Å². The molecule has 4 rings (SSSR count). The maximum absolute atomic E-state index is 5.73. The fraction of sp³-hybridized carbons (Fsp3) is 0.333. The molecule has 0 radical (unpaired) electrons. The van der Waals surface area contributed by atoms with Crippen molar-refractivity contribution in [1.29, 1.82) is 0 Å². The van der Waals surface area contributed by atoms with Gasteiger partial charge in [0, 0.05) is 18.2 Å². The summed E-state index contributed by atoms with van der Waals surface area (Å²) in [4.78, 5) is 7.19. The lowest BCUT2D eigenvalue weighted by atomic mass is 9.99. The first-order valence-electron chi connectivity index (χ1n) is 9.20. The Hall–Kier alpha value is -2.50. The monoisotopic (exact) mass is 348 g/mol. The molecule has 2 heterocycles. The van der Waals surface area contributed by atoms with Gasteiger partial charge in [0.1, 0.15) is 6.04 Å². The van der Waals surface area contributed by atoms with Crippen LogP contribution in [0.2, 0.25) is 0 Å². The Morgan fingerprint density at radius 3 is 2.54 bits per heavy atom. The van der Waals surface area contributed by atoms with E-state index in [9.17, 15) is 0 Å². The summed E-state index contributed by atoms with van der Waals surface area (Å²) in [6, 6.07) is 20.9. The van der Waals surface area contributed by atoms with Gasteiger partial charge in [-0.1, -0.05) is 65.8 Å². The minimum absolute atomic E-state index is 0.0164. The predicted octanol–water partition coefficient (Wildman–Crippen LogP) is 3.51. The van der Waals surface area contributed by atoms with Crippen molar-refractivity contribution in [2.24, 2.45) is 0 Å². The van der Waals surface area contributed by atoms with Gasteiger partial charge >= 0.3 is 0 Å². The van der Waals surface area contributed by atoms with Gasteiger partial charge in [0.25, 0.3) is 0 Å². The molecule has 2 atom stereocenters. The fourth-order valence-electron chi connectivity index (χ4n) is 3.67. The second kappa shape index (κ2) is 7.81. The van der Waals surface area contributed by atoms with Gasteiger partial charge in [0.15, 0.2) is 0 Å². The van der Waals surface area contributed by atoms with Gasteiger partial charge in [-0.15, -0.1) is 0 Å². The van der Waals surface area contributed by atoms with Crippen molar-refractivity contribution in [1.82, 2.24) is 20.4 Å². The van der Waals surface area contributed by atoms with Gasteiger partial charge in [-0.3, -0.25) is 4.90 Å². The zero-order valence-electron chi connectivity index (χ0n) is 15.0. The third-order valence-corrected chi connectivity index (χ3v) is 5.05. The van der Waals surface area contributed by atoms with Crippen LogP contribution in [0.4, 0.5) is 0 Å². The van der Waals surface area contributed by atoms with E-state index in [1.54, 1.807) is 0 Å². The third kappa shape index (κ3) is 3.54. The molecule has 1 aliphatic rings. The molecule has 2 aromatic carbocycles. The minimum Gasteiger partial charge on any atom is -0.337 e. The first-order chi connectivity index (χ1) is 12.8. The molecule has 1 saturated heterocycles. The molecule has 0 saturated carbocycles. The van der Waals surface area contributed by atoms with Crippen molar-refractivity contribution in [2.75, 3.05) is 20.1 Å². The summed E-state index contributed by atoms with van der Waals surface area (Å²) in [6.07, 6.45) is 2.36. The van der Waals surface area contributed by atoms with E-state index in [0.29, 0.717) is 17.8 Å². The molecule has 3 aromatic rings. The van der Waals surface area contributed by atoms with Crippen LogP contribution in [-0.4, -0.2) is 41.2 Å². The molecule has 0 bridgehead atoms. The predicted molar refractivity (Wildman–Crippen MR) is 102 cm³/mol. The molecule has 1 aromatic heterocycles. The Labute approximate surface area is 154 Å². The van der Waals surface area contributed by atoms with E-state index >= 15 is 0 Å². The Morgan fingerprint density at radius 1 is 1.08 bits per heavy atom. The van der Waals surface area contributed by atoms with Crippen molar-refractivity contribution >= 4 is 0 Å². The molecule has 1 fully saturated rings. The van der Waals surface area contributed by atoms with E-state index in [0.717, 1.165) is 25.1 Å². The SMILES string of the molecule is CNC1CCCN(C(c2ccccc2)c2nc(-c3ccccc3)no2)C1. The van der Waals surface area contributed by atoms with E-state index in [2.05, 4.69) is 39.6 Å². The quantitative estimate of drug-likeness (QED) is 0.765. The number of hydrogen-bond acceptors (Lipinski definition) is 5. The second-order valence-corrected chi connectivity index (χ2v) is 6.76. The molecule has 1 N–H and O–H groups in total. The summed E-state index contributed by atoms with van der Waals surface area (Å²) >= 11 is 0. The molecule has 0 spiro atoms. The number of likely N-dealkylation sites (tertiary alicyclic amines) is 1. The number of nitrogens with one attached hydrogen (secondary N) is 1. The normalized spacial score (nSPS) is 19.3. The van der Waals surface area contributed by atoms with E-state index in [4.69, 9.17) is 9.51 Å². The molecule has 2 unspecified atom stereocenters. The highest BCUT2D eigenvalue weighted by atomic mass is 16.5. The Kier molecular flexibility index (Phi) is 5.09. The fourth-order valence-corrected chi connectivity index (χ4v) is 3.67. The molecular formula is C21H24N4O. The molecular weight excluding hydrogens is 324 g/mol. The van der Waals surface area contributed by atoms with E-state index in [1.807, 2.05) is 43.4 Å². The standard InChI is InChI=1S/C21H24N4O/c1-22-18-13-8-14-25(15-18)19(16-9-4-2-5-10-16)21-23-20(24-26-21)17-11-6-3-7-12-17/h2-7,9-12,18-19,22H,8,13-15H2,1H3. The van der Waals surface area contributed by atoms with Crippen LogP contribution in [-0.2, 0) is 0 Å². The average Bonchev–Trinajstić information content (AvgIpc) is 3.19. The van der Waals surface area contributed by atoms with Crippen LogP contribution < -0.4 is 5.32 Å². The topological polar surface area (TPSA) is 54.2 Å². The largest absolute Gasteiger partial charge is 0.337 e. The van der Waals surface area contributed by atoms with Gasteiger partial charge in [-0.2, -0.15) is 4.98 Å². The molecule has 5 nitrogen and oxygen atoms in total. The van der Waals surface area contributed by atoms with Crippen molar-refractivity contribution < 1.29 is 4.52 Å². The number of aromatic nitrogens is 2. The highest BCUT2D eigenvalue weighted by Crippen LogP contribution is 2.31. The first kappa shape index (κ1) is 16.9. The van der Waals surface area contributed by atoms with Crippen LogP contribution in [0.1, 0.15) is 30.3 Å². The average molecular weight is 348 g/mol. The van der Waals surface area contributed by atoms with Crippen molar-refractivity contribution in [3.8, 4) is 11.4 Å². The summed E-state index contributed by atoms with van der Waals surface area (Å²) < 4.78 is 5.73. The second-order valence-electron chi connectivity index (χ2n) is 6.76. The van der Waals surface area contributed by atoms with Gasteiger partial charge in [0.2, 0.25) is 11.7 Å². The lowest BCUT2D eigenvalue weighted by Crippen LogP contribution is -2.46. The van der Waals surface area contributed by atoms with E-state index in [1.165, 1.54) is 12.0 Å². The molecule has 5 heteroatoms. The Morgan fingerprint density at radius 2 is 1.81 bits per heavy atom. The van der Waals surface area contributed by atoms with Crippen LogP contribution in [0.5, 0.6) is 0 Å². The van der Waals surface area contributed by atoms with E-state index in [-0.39, 0.29) is 6.04 Å². The highest BCUT2D eigenvalue weighted by molar-refractivity contribution is 5.53. The molecule has 0 aliphatic carbocycles. The highest BCUT2D eigenvalue weighted by Gasteiger charge is 2.31. The molecule has 0 amide bonds. The summed E-state index contributed by atoms with van der Waals surface area (Å²) in [7, 11) is 2.03. The number of rotatable bonds is 5. The summed E-state index contributed by atoms with van der Waals surface area (Å²) in [6.45, 7) is 2.00. The molecule has 26 heavy (non-hydrogen) atoms. The summed E-state index contributed by atoms with van der Waals surface area (Å²) in [5, 5.41) is 7.65. The molecule has 134 valence electrons. The lowest BCUT2D eigenvalue weighted by molar-refractivity contribution is 0.137. The smallest absolute Gasteiger partial charge is 0.248 e.